The number of esters is 1. The minimum absolute atomic E-state index is 0.0150. The van der Waals surface area contributed by atoms with Crippen LogP contribution in [0.15, 0.2) is 0 Å². The number of hydrogen-bond acceptors (Lipinski definition) is 6. The summed E-state index contributed by atoms with van der Waals surface area (Å²) in [4.78, 5) is 27.7. The SMILES string of the molecule is CC(C)(C)OC(=O)CCC(=O)N1CCC2NNCN2C1. The van der Waals surface area contributed by atoms with Gasteiger partial charge < -0.3 is 9.64 Å². The second-order valence-corrected chi connectivity index (χ2v) is 6.26. The average Bonchev–Trinajstić information content (AvgIpc) is 2.80. The molecule has 2 saturated heterocycles. The van der Waals surface area contributed by atoms with Crippen LogP contribution in [0.3, 0.4) is 0 Å². The van der Waals surface area contributed by atoms with Crippen molar-refractivity contribution in [3.05, 3.63) is 0 Å². The number of carbonyl (C=O) groups is 2. The Kier molecular flexibility index (Phi) is 4.62. The Morgan fingerprint density at radius 2 is 2.05 bits per heavy atom. The lowest BCUT2D eigenvalue weighted by molar-refractivity contribution is -0.156. The Hall–Kier alpha value is -1.18. The van der Waals surface area contributed by atoms with Gasteiger partial charge in [0.2, 0.25) is 5.91 Å². The van der Waals surface area contributed by atoms with Gasteiger partial charge in [0.25, 0.3) is 0 Å². The molecule has 0 radical (unpaired) electrons. The van der Waals surface area contributed by atoms with Crippen molar-refractivity contribution in [1.29, 1.82) is 0 Å². The molecule has 2 N–H and O–H groups in total. The van der Waals surface area contributed by atoms with E-state index < -0.39 is 5.60 Å². The molecule has 0 bridgehead atoms. The standard InChI is InChI=1S/C13H24N4O3/c1-13(2,3)20-12(19)5-4-11(18)16-7-6-10-15-14-8-17(10)9-16/h10,14-15H,4-9H2,1-3H3. The van der Waals surface area contributed by atoms with Crippen molar-refractivity contribution in [2.24, 2.45) is 0 Å². The van der Waals surface area contributed by atoms with Crippen LogP contribution in [0.5, 0.6) is 0 Å². The average molecular weight is 284 g/mol. The largest absolute Gasteiger partial charge is 0.460 e. The molecule has 0 aromatic heterocycles. The van der Waals surface area contributed by atoms with Gasteiger partial charge in [-0.1, -0.05) is 0 Å². The first-order valence-electron chi connectivity index (χ1n) is 7.07. The first-order chi connectivity index (χ1) is 9.35. The fourth-order valence-electron chi connectivity index (χ4n) is 2.40. The van der Waals surface area contributed by atoms with E-state index in [4.69, 9.17) is 4.74 Å². The summed E-state index contributed by atoms with van der Waals surface area (Å²) >= 11 is 0. The summed E-state index contributed by atoms with van der Waals surface area (Å²) in [5, 5.41) is 0. The third-order valence-electron chi connectivity index (χ3n) is 3.33. The van der Waals surface area contributed by atoms with E-state index in [0.29, 0.717) is 12.8 Å². The first kappa shape index (κ1) is 15.2. The molecule has 114 valence electrons. The third kappa shape index (κ3) is 4.16. The molecule has 2 aliphatic rings. The van der Waals surface area contributed by atoms with Crippen molar-refractivity contribution in [1.82, 2.24) is 20.7 Å². The molecule has 20 heavy (non-hydrogen) atoms. The highest BCUT2D eigenvalue weighted by Crippen LogP contribution is 2.15. The predicted molar refractivity (Wildman–Crippen MR) is 73.0 cm³/mol. The van der Waals surface area contributed by atoms with Crippen molar-refractivity contribution in [2.45, 2.75) is 51.8 Å². The first-order valence-corrected chi connectivity index (χ1v) is 7.07. The van der Waals surface area contributed by atoms with E-state index in [1.54, 1.807) is 4.90 Å². The van der Waals surface area contributed by atoms with Gasteiger partial charge in [-0.25, -0.2) is 10.9 Å². The smallest absolute Gasteiger partial charge is 0.306 e. The van der Waals surface area contributed by atoms with Gasteiger partial charge in [0.05, 0.1) is 25.9 Å². The number of ether oxygens (including phenoxy) is 1. The van der Waals surface area contributed by atoms with Gasteiger partial charge >= 0.3 is 5.97 Å². The zero-order valence-corrected chi connectivity index (χ0v) is 12.4. The van der Waals surface area contributed by atoms with Gasteiger partial charge in [-0.05, 0) is 27.2 Å². The maximum atomic E-state index is 12.1. The van der Waals surface area contributed by atoms with Crippen LogP contribution in [0.4, 0.5) is 0 Å². The normalized spacial score (nSPS) is 23.6. The summed E-state index contributed by atoms with van der Waals surface area (Å²) in [5.41, 5.74) is 5.73. The lowest BCUT2D eigenvalue weighted by atomic mass is 10.2. The number of nitrogens with zero attached hydrogens (tertiary/aromatic N) is 2. The molecule has 0 aliphatic carbocycles. The minimum Gasteiger partial charge on any atom is -0.460 e. The van der Waals surface area contributed by atoms with Crippen LogP contribution in [0.1, 0.15) is 40.0 Å². The van der Waals surface area contributed by atoms with Gasteiger partial charge in [-0.2, -0.15) is 0 Å². The van der Waals surface area contributed by atoms with Gasteiger partial charge in [-0.15, -0.1) is 0 Å². The second-order valence-electron chi connectivity index (χ2n) is 6.26. The molecule has 0 aromatic rings. The highest BCUT2D eigenvalue weighted by atomic mass is 16.6. The summed E-state index contributed by atoms with van der Waals surface area (Å²) in [7, 11) is 0. The maximum absolute atomic E-state index is 12.1. The van der Waals surface area contributed by atoms with E-state index >= 15 is 0 Å². The quantitative estimate of drug-likeness (QED) is 0.710. The number of rotatable bonds is 3. The Morgan fingerprint density at radius 3 is 2.75 bits per heavy atom. The Labute approximate surface area is 119 Å². The number of carbonyl (C=O) groups excluding carboxylic acids is 2. The van der Waals surface area contributed by atoms with Gasteiger partial charge in [0.15, 0.2) is 0 Å². The third-order valence-corrected chi connectivity index (χ3v) is 3.33. The number of fused-ring (bicyclic) bond motifs is 1. The van der Waals surface area contributed by atoms with Crippen LogP contribution in [-0.2, 0) is 14.3 Å². The molecule has 2 rings (SSSR count). The van der Waals surface area contributed by atoms with Gasteiger partial charge in [0.1, 0.15) is 5.60 Å². The Morgan fingerprint density at radius 1 is 1.30 bits per heavy atom. The fraction of sp³-hybridized carbons (Fsp3) is 0.846. The zero-order valence-electron chi connectivity index (χ0n) is 12.4. The lowest BCUT2D eigenvalue weighted by Gasteiger charge is -2.36. The van der Waals surface area contributed by atoms with E-state index in [9.17, 15) is 9.59 Å². The molecular weight excluding hydrogens is 260 g/mol. The van der Waals surface area contributed by atoms with Gasteiger partial charge in [0, 0.05) is 13.0 Å². The number of amides is 1. The number of nitrogens with one attached hydrogen (secondary N) is 2. The van der Waals surface area contributed by atoms with Crippen LogP contribution >= 0.6 is 0 Å². The monoisotopic (exact) mass is 284 g/mol. The molecule has 2 heterocycles. The second kappa shape index (κ2) is 6.07. The van der Waals surface area contributed by atoms with Crippen LogP contribution < -0.4 is 10.9 Å². The van der Waals surface area contributed by atoms with Crippen molar-refractivity contribution in [3.63, 3.8) is 0 Å². The molecule has 0 aromatic carbocycles. The van der Waals surface area contributed by atoms with Crippen molar-refractivity contribution >= 4 is 11.9 Å². The van der Waals surface area contributed by atoms with E-state index in [2.05, 4.69) is 15.8 Å². The van der Waals surface area contributed by atoms with E-state index in [-0.39, 0.29) is 24.7 Å². The van der Waals surface area contributed by atoms with Crippen molar-refractivity contribution in [2.75, 3.05) is 19.9 Å². The molecular formula is C13H24N4O3. The summed E-state index contributed by atoms with van der Waals surface area (Å²) in [5.74, 6) is -0.300. The van der Waals surface area contributed by atoms with Crippen molar-refractivity contribution < 1.29 is 14.3 Å². The minimum atomic E-state index is -0.495. The van der Waals surface area contributed by atoms with Crippen LogP contribution in [-0.4, -0.2) is 53.3 Å². The summed E-state index contributed by atoms with van der Waals surface area (Å²) in [6, 6.07) is 0. The highest BCUT2D eigenvalue weighted by Gasteiger charge is 2.32. The highest BCUT2D eigenvalue weighted by molar-refractivity contribution is 5.81. The van der Waals surface area contributed by atoms with Crippen LogP contribution in [0.25, 0.3) is 0 Å². The Balaban J connectivity index is 1.73. The molecule has 1 amide bonds. The Bertz CT molecular complexity index is 380. The molecule has 1 atom stereocenters. The molecule has 0 saturated carbocycles. The molecule has 7 heteroatoms. The topological polar surface area (TPSA) is 73.9 Å². The van der Waals surface area contributed by atoms with Crippen molar-refractivity contribution in [3.8, 4) is 0 Å². The maximum Gasteiger partial charge on any atom is 0.306 e. The van der Waals surface area contributed by atoms with Gasteiger partial charge in [-0.3, -0.25) is 14.5 Å². The van der Waals surface area contributed by atoms with E-state index in [0.717, 1.165) is 19.6 Å². The number of hydrazine groups is 1. The molecule has 0 spiro atoms. The zero-order chi connectivity index (χ0) is 14.8. The van der Waals surface area contributed by atoms with E-state index in [1.165, 1.54) is 0 Å². The summed E-state index contributed by atoms with van der Waals surface area (Å²) in [6.45, 7) is 7.54. The van der Waals surface area contributed by atoms with Crippen LogP contribution in [0.2, 0.25) is 0 Å². The molecule has 2 aliphatic heterocycles. The molecule has 1 unspecified atom stereocenters. The molecule has 7 nitrogen and oxygen atoms in total. The fourth-order valence-corrected chi connectivity index (χ4v) is 2.40. The number of hydrogen-bond donors (Lipinski definition) is 2. The van der Waals surface area contributed by atoms with E-state index in [1.807, 2.05) is 20.8 Å². The lowest BCUT2D eigenvalue weighted by Crippen LogP contribution is -2.52. The van der Waals surface area contributed by atoms with Crippen LogP contribution in [0, 0.1) is 0 Å². The molecule has 2 fully saturated rings. The predicted octanol–water partition coefficient (Wildman–Crippen LogP) is -0.00850. The summed E-state index contributed by atoms with van der Waals surface area (Å²) in [6.07, 6.45) is 1.57. The summed E-state index contributed by atoms with van der Waals surface area (Å²) < 4.78 is 5.20.